The Hall–Kier alpha value is -1.14. The van der Waals surface area contributed by atoms with Crippen molar-refractivity contribution in [1.82, 2.24) is 20.0 Å². The number of amides is 2. The predicted octanol–water partition coefficient (Wildman–Crippen LogP) is -0.145. The van der Waals surface area contributed by atoms with Crippen LogP contribution in [0.2, 0.25) is 0 Å². The molecule has 0 atom stereocenters. The van der Waals surface area contributed by atoms with Gasteiger partial charge in [0.25, 0.3) is 0 Å². The Kier molecular flexibility index (Phi) is 10.0. The Bertz CT molecular complexity index is 293. The first-order valence-corrected chi connectivity index (χ1v) is 7.14. The zero-order chi connectivity index (χ0) is 15.5. The lowest BCUT2D eigenvalue weighted by Gasteiger charge is -2.21. The van der Waals surface area contributed by atoms with Gasteiger partial charge >= 0.3 is 0 Å². The van der Waals surface area contributed by atoms with Crippen LogP contribution in [0.5, 0.6) is 0 Å². The number of nitrogens with zero attached hydrogens (tertiary/aromatic N) is 3. The molecule has 0 aliphatic heterocycles. The third kappa shape index (κ3) is 10.8. The van der Waals surface area contributed by atoms with Crippen LogP contribution in [0.1, 0.15) is 19.8 Å². The Morgan fingerprint density at radius 3 is 1.95 bits per heavy atom. The van der Waals surface area contributed by atoms with E-state index in [1.165, 1.54) is 6.92 Å². The summed E-state index contributed by atoms with van der Waals surface area (Å²) in [6, 6.07) is 0. The molecule has 0 saturated heterocycles. The minimum atomic E-state index is -0.0798. The highest BCUT2D eigenvalue weighted by molar-refractivity contribution is 5.83. The molecule has 0 heterocycles. The zero-order valence-corrected chi connectivity index (χ0v) is 13.6. The van der Waals surface area contributed by atoms with Gasteiger partial charge in [0.2, 0.25) is 11.8 Å². The smallest absolute Gasteiger partial charge is 0.239 e. The molecule has 0 aromatic rings. The van der Waals surface area contributed by atoms with Crippen LogP contribution in [0.3, 0.4) is 0 Å². The number of rotatable bonds is 10. The molecule has 0 radical (unpaired) electrons. The molecule has 0 spiro atoms. The van der Waals surface area contributed by atoms with E-state index in [9.17, 15) is 9.59 Å². The van der Waals surface area contributed by atoms with Gasteiger partial charge in [-0.2, -0.15) is 0 Å². The predicted molar refractivity (Wildman–Crippen MR) is 81.6 cm³/mol. The van der Waals surface area contributed by atoms with Crippen molar-refractivity contribution in [1.29, 1.82) is 0 Å². The van der Waals surface area contributed by atoms with E-state index in [1.807, 2.05) is 28.2 Å². The second-order valence-electron chi connectivity index (χ2n) is 5.60. The molecular weight excluding hydrogens is 256 g/mol. The summed E-state index contributed by atoms with van der Waals surface area (Å²) in [6.45, 7) is 4.80. The lowest BCUT2D eigenvalue weighted by atomic mass is 10.3. The highest BCUT2D eigenvalue weighted by Gasteiger charge is 2.12. The molecule has 118 valence electrons. The molecule has 20 heavy (non-hydrogen) atoms. The number of hydrogen-bond acceptors (Lipinski definition) is 4. The minimum absolute atomic E-state index is 0.0489. The third-order valence-corrected chi connectivity index (χ3v) is 2.92. The van der Waals surface area contributed by atoms with E-state index in [-0.39, 0.29) is 18.4 Å². The van der Waals surface area contributed by atoms with Gasteiger partial charge in [0.1, 0.15) is 0 Å². The fourth-order valence-corrected chi connectivity index (χ4v) is 1.78. The molecule has 2 amide bonds. The maximum Gasteiger partial charge on any atom is 0.239 e. The molecule has 0 aliphatic rings. The van der Waals surface area contributed by atoms with Crippen molar-refractivity contribution < 1.29 is 9.59 Å². The molecule has 0 bridgehead atoms. The quantitative estimate of drug-likeness (QED) is 0.568. The van der Waals surface area contributed by atoms with E-state index in [1.54, 1.807) is 4.90 Å². The SMILES string of the molecule is CC(=O)N(CCCN(C)C)CC(=O)NCCCN(C)C. The second kappa shape index (κ2) is 10.6. The average molecular weight is 286 g/mol. The summed E-state index contributed by atoms with van der Waals surface area (Å²) >= 11 is 0. The fourth-order valence-electron chi connectivity index (χ4n) is 1.78. The summed E-state index contributed by atoms with van der Waals surface area (Å²) in [7, 11) is 8.00. The van der Waals surface area contributed by atoms with Gasteiger partial charge < -0.3 is 20.0 Å². The maximum absolute atomic E-state index is 11.8. The standard InChI is InChI=1S/C14H30N4O2/c1-13(19)18(11-7-10-17(4)5)12-14(20)15-8-6-9-16(2)3/h6-12H2,1-5H3,(H,15,20). The Morgan fingerprint density at radius 1 is 0.900 bits per heavy atom. The minimum Gasteiger partial charge on any atom is -0.355 e. The van der Waals surface area contributed by atoms with Crippen molar-refractivity contribution in [2.75, 3.05) is 60.9 Å². The van der Waals surface area contributed by atoms with Gasteiger partial charge in [0.05, 0.1) is 6.54 Å². The van der Waals surface area contributed by atoms with Crippen LogP contribution >= 0.6 is 0 Å². The maximum atomic E-state index is 11.8. The molecular formula is C14H30N4O2. The van der Waals surface area contributed by atoms with E-state index in [0.29, 0.717) is 13.1 Å². The first-order valence-electron chi connectivity index (χ1n) is 7.14. The Balaban J connectivity index is 3.93. The number of carbonyl (C=O) groups is 2. The third-order valence-electron chi connectivity index (χ3n) is 2.92. The summed E-state index contributed by atoms with van der Waals surface area (Å²) < 4.78 is 0. The van der Waals surface area contributed by atoms with Gasteiger partial charge in [-0.15, -0.1) is 0 Å². The van der Waals surface area contributed by atoms with Gasteiger partial charge in [-0.05, 0) is 54.1 Å². The Labute approximate surface area is 123 Å². The molecule has 0 aromatic heterocycles. The molecule has 0 rings (SSSR count). The number of nitrogens with one attached hydrogen (secondary N) is 1. The highest BCUT2D eigenvalue weighted by Crippen LogP contribution is 1.94. The summed E-state index contributed by atoms with van der Waals surface area (Å²) in [6.07, 6.45) is 1.79. The van der Waals surface area contributed by atoms with E-state index in [2.05, 4.69) is 15.1 Å². The van der Waals surface area contributed by atoms with E-state index in [4.69, 9.17) is 0 Å². The first kappa shape index (κ1) is 18.9. The molecule has 0 saturated carbocycles. The molecule has 6 nitrogen and oxygen atoms in total. The summed E-state index contributed by atoms with van der Waals surface area (Å²) in [5.41, 5.74) is 0. The molecule has 0 aliphatic carbocycles. The van der Waals surface area contributed by atoms with Crippen molar-refractivity contribution in [2.45, 2.75) is 19.8 Å². The lowest BCUT2D eigenvalue weighted by molar-refractivity contribution is -0.134. The fraction of sp³-hybridized carbons (Fsp3) is 0.857. The van der Waals surface area contributed by atoms with Crippen LogP contribution < -0.4 is 5.32 Å². The van der Waals surface area contributed by atoms with Gasteiger partial charge in [-0.25, -0.2) is 0 Å². The van der Waals surface area contributed by atoms with Crippen molar-refractivity contribution in [3.05, 3.63) is 0 Å². The normalized spacial score (nSPS) is 10.9. The number of carbonyl (C=O) groups excluding carboxylic acids is 2. The summed E-state index contributed by atoms with van der Waals surface area (Å²) in [5.74, 6) is -0.129. The zero-order valence-electron chi connectivity index (χ0n) is 13.6. The van der Waals surface area contributed by atoms with E-state index >= 15 is 0 Å². The summed E-state index contributed by atoms with van der Waals surface area (Å²) in [5, 5.41) is 2.85. The average Bonchev–Trinajstić information content (AvgIpc) is 2.32. The van der Waals surface area contributed by atoms with Crippen molar-refractivity contribution in [3.63, 3.8) is 0 Å². The van der Waals surface area contributed by atoms with Crippen LogP contribution in [-0.4, -0.2) is 87.4 Å². The largest absolute Gasteiger partial charge is 0.355 e. The molecule has 0 unspecified atom stereocenters. The van der Waals surface area contributed by atoms with Crippen LogP contribution in [0.4, 0.5) is 0 Å². The topological polar surface area (TPSA) is 55.9 Å². The van der Waals surface area contributed by atoms with Gasteiger partial charge in [-0.3, -0.25) is 9.59 Å². The van der Waals surface area contributed by atoms with E-state index in [0.717, 1.165) is 25.9 Å². The first-order chi connectivity index (χ1) is 9.32. The lowest BCUT2D eigenvalue weighted by Crippen LogP contribution is -2.41. The van der Waals surface area contributed by atoms with Crippen molar-refractivity contribution in [3.8, 4) is 0 Å². The molecule has 0 aromatic carbocycles. The monoisotopic (exact) mass is 286 g/mol. The Morgan fingerprint density at radius 2 is 1.45 bits per heavy atom. The van der Waals surface area contributed by atoms with Gasteiger partial charge in [0, 0.05) is 20.0 Å². The molecule has 6 heteroatoms. The van der Waals surface area contributed by atoms with Crippen molar-refractivity contribution >= 4 is 11.8 Å². The summed E-state index contributed by atoms with van der Waals surface area (Å²) in [4.78, 5) is 29.0. The van der Waals surface area contributed by atoms with E-state index < -0.39 is 0 Å². The molecule has 1 N–H and O–H groups in total. The van der Waals surface area contributed by atoms with Crippen LogP contribution in [0.15, 0.2) is 0 Å². The van der Waals surface area contributed by atoms with Crippen LogP contribution in [-0.2, 0) is 9.59 Å². The second-order valence-corrected chi connectivity index (χ2v) is 5.60. The van der Waals surface area contributed by atoms with Gasteiger partial charge in [-0.1, -0.05) is 0 Å². The van der Waals surface area contributed by atoms with Crippen LogP contribution in [0, 0.1) is 0 Å². The van der Waals surface area contributed by atoms with Gasteiger partial charge in [0.15, 0.2) is 0 Å². The highest BCUT2D eigenvalue weighted by atomic mass is 16.2. The molecule has 0 fully saturated rings. The number of hydrogen-bond donors (Lipinski definition) is 1. The van der Waals surface area contributed by atoms with Crippen LogP contribution in [0.25, 0.3) is 0 Å². The van der Waals surface area contributed by atoms with Crippen molar-refractivity contribution in [2.24, 2.45) is 0 Å².